The zero-order valence-electron chi connectivity index (χ0n) is 14.5. The first-order valence-corrected chi connectivity index (χ1v) is 10.8. The lowest BCUT2D eigenvalue weighted by atomic mass is 10.1. The van der Waals surface area contributed by atoms with Crippen LogP contribution in [0.3, 0.4) is 0 Å². The van der Waals surface area contributed by atoms with Crippen LogP contribution < -0.4 is 4.74 Å². The lowest BCUT2D eigenvalue weighted by molar-refractivity contribution is 0.102. The van der Waals surface area contributed by atoms with E-state index in [1.165, 1.54) is 28.7 Å². The molecule has 0 atom stereocenters. The molecule has 134 valence electrons. The standard InChI is InChI=1S/C19H18N2O2S3/c1-13-8-9-17(23-2)15(10-13)11-24-18-20-21-19(26-18)25-12-16(22)14-6-4-3-5-7-14/h3-10H,11-12H2,1-2H3. The first kappa shape index (κ1) is 18.9. The molecule has 3 aromatic rings. The molecule has 0 aliphatic carbocycles. The molecule has 0 aliphatic rings. The van der Waals surface area contributed by atoms with E-state index in [4.69, 9.17) is 4.74 Å². The van der Waals surface area contributed by atoms with E-state index in [0.717, 1.165) is 31.3 Å². The van der Waals surface area contributed by atoms with Crippen LogP contribution in [0.1, 0.15) is 21.5 Å². The molecular formula is C19H18N2O2S3. The van der Waals surface area contributed by atoms with Crippen molar-refractivity contribution >= 4 is 40.6 Å². The molecule has 0 saturated carbocycles. The molecule has 1 heterocycles. The van der Waals surface area contributed by atoms with Crippen LogP contribution >= 0.6 is 34.9 Å². The quantitative estimate of drug-likeness (QED) is 0.385. The number of thioether (sulfide) groups is 2. The third kappa shape index (κ3) is 5.09. The van der Waals surface area contributed by atoms with Crippen molar-refractivity contribution in [3.8, 4) is 5.75 Å². The highest BCUT2D eigenvalue weighted by atomic mass is 32.2. The number of benzene rings is 2. The fourth-order valence-electron chi connectivity index (χ4n) is 2.31. The molecule has 0 fully saturated rings. The van der Waals surface area contributed by atoms with Crippen LogP contribution in [-0.2, 0) is 5.75 Å². The van der Waals surface area contributed by atoms with Crippen molar-refractivity contribution in [1.29, 1.82) is 0 Å². The van der Waals surface area contributed by atoms with Gasteiger partial charge >= 0.3 is 0 Å². The number of Topliss-reactive ketones (excluding diaryl/α,β-unsaturated/α-hetero) is 1. The van der Waals surface area contributed by atoms with Crippen LogP contribution in [0.25, 0.3) is 0 Å². The molecule has 0 bridgehead atoms. The van der Waals surface area contributed by atoms with E-state index in [-0.39, 0.29) is 5.78 Å². The first-order chi connectivity index (χ1) is 12.7. The van der Waals surface area contributed by atoms with E-state index in [1.54, 1.807) is 18.9 Å². The van der Waals surface area contributed by atoms with Gasteiger partial charge in [0.05, 0.1) is 12.9 Å². The summed E-state index contributed by atoms with van der Waals surface area (Å²) in [6, 6.07) is 15.5. The molecule has 0 saturated heterocycles. The van der Waals surface area contributed by atoms with Gasteiger partial charge < -0.3 is 4.74 Å². The van der Waals surface area contributed by atoms with Crippen molar-refractivity contribution in [1.82, 2.24) is 10.2 Å². The topological polar surface area (TPSA) is 52.1 Å². The summed E-state index contributed by atoms with van der Waals surface area (Å²) in [6.07, 6.45) is 0. The second-order valence-corrected chi connectivity index (χ2v) is 8.94. The molecular weight excluding hydrogens is 384 g/mol. The number of methoxy groups -OCH3 is 1. The Hall–Kier alpha value is -1.83. The normalized spacial score (nSPS) is 10.7. The Balaban J connectivity index is 1.55. The largest absolute Gasteiger partial charge is 0.496 e. The Kier molecular flexibility index (Phi) is 6.71. The van der Waals surface area contributed by atoms with Crippen LogP contribution in [-0.4, -0.2) is 28.8 Å². The van der Waals surface area contributed by atoms with Gasteiger partial charge in [0.25, 0.3) is 0 Å². The van der Waals surface area contributed by atoms with Crippen LogP contribution in [0, 0.1) is 6.92 Å². The zero-order chi connectivity index (χ0) is 18.4. The number of hydrogen-bond acceptors (Lipinski definition) is 7. The smallest absolute Gasteiger partial charge is 0.175 e. The van der Waals surface area contributed by atoms with E-state index >= 15 is 0 Å². The van der Waals surface area contributed by atoms with E-state index in [2.05, 4.69) is 23.2 Å². The number of ether oxygens (including phenoxy) is 1. The van der Waals surface area contributed by atoms with E-state index in [1.807, 2.05) is 42.5 Å². The van der Waals surface area contributed by atoms with Crippen LogP contribution in [0.5, 0.6) is 5.75 Å². The van der Waals surface area contributed by atoms with Gasteiger partial charge in [0, 0.05) is 16.9 Å². The summed E-state index contributed by atoms with van der Waals surface area (Å²) < 4.78 is 7.12. The second-order valence-electron chi connectivity index (χ2n) is 5.52. The third-order valence-corrected chi connectivity index (χ3v) is 6.84. The van der Waals surface area contributed by atoms with Gasteiger partial charge in [0.2, 0.25) is 0 Å². The molecule has 4 nitrogen and oxygen atoms in total. The van der Waals surface area contributed by atoms with Crippen molar-refractivity contribution in [3.63, 3.8) is 0 Å². The molecule has 0 unspecified atom stereocenters. The third-order valence-electron chi connectivity index (χ3n) is 3.60. The van der Waals surface area contributed by atoms with Crippen LogP contribution in [0.2, 0.25) is 0 Å². The fraction of sp³-hybridized carbons (Fsp3) is 0.211. The first-order valence-electron chi connectivity index (χ1n) is 7.96. The van der Waals surface area contributed by atoms with Crippen LogP contribution in [0.15, 0.2) is 57.2 Å². The lowest BCUT2D eigenvalue weighted by Gasteiger charge is -2.08. The van der Waals surface area contributed by atoms with Crippen LogP contribution in [0.4, 0.5) is 0 Å². The second kappa shape index (κ2) is 9.21. The Morgan fingerprint density at radius 2 is 1.81 bits per heavy atom. The molecule has 0 radical (unpaired) electrons. The van der Waals surface area contributed by atoms with Gasteiger partial charge in [-0.15, -0.1) is 10.2 Å². The van der Waals surface area contributed by atoms with E-state index in [9.17, 15) is 4.79 Å². The van der Waals surface area contributed by atoms with Gasteiger partial charge in [0.15, 0.2) is 14.5 Å². The number of rotatable bonds is 8. The van der Waals surface area contributed by atoms with Crippen molar-refractivity contribution in [2.75, 3.05) is 12.9 Å². The number of aryl methyl sites for hydroxylation is 1. The molecule has 26 heavy (non-hydrogen) atoms. The zero-order valence-corrected chi connectivity index (χ0v) is 16.9. The summed E-state index contributed by atoms with van der Waals surface area (Å²) in [5, 5.41) is 8.40. The average Bonchev–Trinajstić information content (AvgIpc) is 3.13. The SMILES string of the molecule is COc1ccc(C)cc1CSc1nnc(SCC(=O)c2ccccc2)s1. The maximum atomic E-state index is 12.2. The maximum absolute atomic E-state index is 12.2. The van der Waals surface area contributed by atoms with Gasteiger partial charge in [-0.05, 0) is 13.0 Å². The molecule has 7 heteroatoms. The van der Waals surface area contributed by atoms with Crippen molar-refractivity contribution in [2.45, 2.75) is 21.4 Å². The van der Waals surface area contributed by atoms with Crippen molar-refractivity contribution < 1.29 is 9.53 Å². The van der Waals surface area contributed by atoms with Gasteiger partial charge in [-0.3, -0.25) is 4.79 Å². The maximum Gasteiger partial charge on any atom is 0.175 e. The van der Waals surface area contributed by atoms with Gasteiger partial charge in [-0.2, -0.15) is 0 Å². The Bertz CT molecular complexity index is 882. The minimum atomic E-state index is 0.101. The highest BCUT2D eigenvalue weighted by molar-refractivity contribution is 8.03. The average molecular weight is 403 g/mol. The number of hydrogen-bond donors (Lipinski definition) is 0. The highest BCUT2D eigenvalue weighted by Gasteiger charge is 2.11. The van der Waals surface area contributed by atoms with E-state index < -0.39 is 0 Å². The molecule has 0 N–H and O–H groups in total. The summed E-state index contributed by atoms with van der Waals surface area (Å²) in [4.78, 5) is 12.2. The summed E-state index contributed by atoms with van der Waals surface area (Å²) >= 11 is 4.58. The number of nitrogens with zero attached hydrogens (tertiary/aromatic N) is 2. The summed E-state index contributed by atoms with van der Waals surface area (Å²) in [7, 11) is 1.68. The summed E-state index contributed by atoms with van der Waals surface area (Å²) in [5.74, 6) is 2.13. The number of ketones is 1. The number of carbonyl (C=O) groups is 1. The predicted octanol–water partition coefficient (Wildman–Crippen LogP) is 5.12. The van der Waals surface area contributed by atoms with Crippen molar-refractivity contribution in [2.24, 2.45) is 0 Å². The highest BCUT2D eigenvalue weighted by Crippen LogP contribution is 2.33. The Labute approximate surface area is 165 Å². The summed E-state index contributed by atoms with van der Waals surface area (Å²) in [5.41, 5.74) is 3.07. The lowest BCUT2D eigenvalue weighted by Crippen LogP contribution is -2.01. The minimum Gasteiger partial charge on any atom is -0.496 e. The monoisotopic (exact) mass is 402 g/mol. The minimum absolute atomic E-state index is 0.101. The fourth-order valence-corrected chi connectivity index (χ4v) is 5.20. The predicted molar refractivity (Wildman–Crippen MR) is 109 cm³/mol. The molecule has 3 rings (SSSR count). The number of aromatic nitrogens is 2. The Morgan fingerprint density at radius 3 is 2.54 bits per heavy atom. The number of carbonyl (C=O) groups excluding carboxylic acids is 1. The summed E-state index contributed by atoms with van der Waals surface area (Å²) in [6.45, 7) is 2.07. The van der Waals surface area contributed by atoms with Gasteiger partial charge in [-0.1, -0.05) is 82.9 Å². The molecule has 0 amide bonds. The van der Waals surface area contributed by atoms with Gasteiger partial charge in [0.1, 0.15) is 5.75 Å². The molecule has 0 aliphatic heterocycles. The molecule has 1 aromatic heterocycles. The van der Waals surface area contributed by atoms with Crippen molar-refractivity contribution in [3.05, 3.63) is 65.2 Å². The van der Waals surface area contributed by atoms with E-state index in [0.29, 0.717) is 5.75 Å². The molecule has 2 aromatic carbocycles. The Morgan fingerprint density at radius 1 is 1.08 bits per heavy atom. The van der Waals surface area contributed by atoms with Gasteiger partial charge in [-0.25, -0.2) is 0 Å². The molecule has 0 spiro atoms.